The number of H-pyrrole nitrogens is 1. The first-order chi connectivity index (χ1) is 8.75. The van der Waals surface area contributed by atoms with Crippen molar-refractivity contribution in [1.29, 1.82) is 0 Å². The Morgan fingerprint density at radius 2 is 2.22 bits per heavy atom. The van der Waals surface area contributed by atoms with Crippen LogP contribution in [0.1, 0.15) is 43.3 Å². The van der Waals surface area contributed by atoms with Crippen LogP contribution in [-0.2, 0) is 6.42 Å². The Morgan fingerprint density at radius 1 is 1.33 bits per heavy atom. The molecule has 0 bridgehead atoms. The molecule has 0 atom stereocenters. The predicted molar refractivity (Wildman–Crippen MR) is 72.1 cm³/mol. The van der Waals surface area contributed by atoms with E-state index in [1.807, 2.05) is 18.2 Å². The first-order valence-corrected chi connectivity index (χ1v) is 6.20. The molecular weight excluding hydrogens is 222 g/mol. The Hall–Kier alpha value is -2.08. The first-order valence-electron chi connectivity index (χ1n) is 6.20. The largest absolute Gasteiger partial charge is 0.282 e. The highest BCUT2D eigenvalue weighted by molar-refractivity contribution is 5.26. The number of hydrogen-bond acceptors (Lipinski definition) is 2. The minimum Gasteiger partial charge on any atom is -0.282 e. The zero-order valence-electron chi connectivity index (χ0n) is 10.8. The Bertz CT molecular complexity index is 544. The molecule has 2 rings (SSSR count). The molecule has 0 aromatic carbocycles. The third-order valence-electron chi connectivity index (χ3n) is 2.64. The van der Waals surface area contributed by atoms with Gasteiger partial charge in [-0.05, 0) is 30.0 Å². The van der Waals surface area contributed by atoms with Gasteiger partial charge in [0.05, 0.1) is 5.69 Å². The summed E-state index contributed by atoms with van der Waals surface area (Å²) in [6.07, 6.45) is 3.48. The van der Waals surface area contributed by atoms with E-state index in [4.69, 9.17) is 0 Å². The minimum absolute atomic E-state index is 0.467. The Morgan fingerprint density at radius 3 is 2.89 bits per heavy atom. The molecule has 3 heteroatoms. The molecular formula is C15H17N3. The van der Waals surface area contributed by atoms with Gasteiger partial charge in [-0.2, -0.15) is 5.10 Å². The fraction of sp³-hybridized carbons (Fsp3) is 0.333. The van der Waals surface area contributed by atoms with Crippen LogP contribution in [0.15, 0.2) is 30.5 Å². The van der Waals surface area contributed by atoms with Gasteiger partial charge >= 0.3 is 0 Å². The molecule has 92 valence electrons. The summed E-state index contributed by atoms with van der Waals surface area (Å²) >= 11 is 0. The molecule has 0 unspecified atom stereocenters. The summed E-state index contributed by atoms with van der Waals surface area (Å²) < 4.78 is 0. The van der Waals surface area contributed by atoms with Crippen LogP contribution in [0.2, 0.25) is 0 Å². The monoisotopic (exact) mass is 239 g/mol. The molecule has 2 heterocycles. The van der Waals surface area contributed by atoms with Crippen LogP contribution < -0.4 is 0 Å². The first kappa shape index (κ1) is 12.4. The summed E-state index contributed by atoms with van der Waals surface area (Å²) in [6, 6.07) is 7.87. The number of aromatic amines is 1. The van der Waals surface area contributed by atoms with Crippen molar-refractivity contribution < 1.29 is 0 Å². The van der Waals surface area contributed by atoms with E-state index in [0.717, 1.165) is 29.9 Å². The number of nitrogens with one attached hydrogen (secondary N) is 1. The number of aromatic nitrogens is 3. The third-order valence-corrected chi connectivity index (χ3v) is 2.64. The number of rotatable bonds is 3. The van der Waals surface area contributed by atoms with Gasteiger partial charge in [-0.25, -0.2) is 4.98 Å². The van der Waals surface area contributed by atoms with Gasteiger partial charge in [0, 0.05) is 24.7 Å². The molecule has 0 aliphatic carbocycles. The maximum absolute atomic E-state index is 4.27. The lowest BCUT2D eigenvalue weighted by atomic mass is 10.1. The standard InChI is InChI=1S/C15H17N3/c1-12(2)15-11-14(17-18-15)9-4-3-7-13-8-5-6-10-16-13/h5-6,8,10-12H,4,9H2,1-2H3,(H,17,18). The molecule has 18 heavy (non-hydrogen) atoms. The lowest BCUT2D eigenvalue weighted by Gasteiger charge is -1.94. The van der Waals surface area contributed by atoms with Gasteiger partial charge in [0.2, 0.25) is 0 Å². The fourth-order valence-electron chi connectivity index (χ4n) is 1.59. The van der Waals surface area contributed by atoms with E-state index in [2.05, 4.69) is 46.9 Å². The van der Waals surface area contributed by atoms with Crippen LogP contribution in [0.5, 0.6) is 0 Å². The Balaban J connectivity index is 1.87. The SMILES string of the molecule is CC(C)c1cc(CCC#Cc2ccccn2)[nH]n1. The summed E-state index contributed by atoms with van der Waals surface area (Å²) in [5.74, 6) is 6.64. The van der Waals surface area contributed by atoms with Crippen molar-refractivity contribution in [3.63, 3.8) is 0 Å². The van der Waals surface area contributed by atoms with Gasteiger partial charge in [-0.3, -0.25) is 5.10 Å². The second-order valence-electron chi connectivity index (χ2n) is 4.49. The summed E-state index contributed by atoms with van der Waals surface area (Å²) in [7, 11) is 0. The van der Waals surface area contributed by atoms with Crippen molar-refractivity contribution in [3.8, 4) is 11.8 Å². The van der Waals surface area contributed by atoms with Gasteiger partial charge in [0.25, 0.3) is 0 Å². The molecule has 2 aromatic heterocycles. The quantitative estimate of drug-likeness (QED) is 0.837. The van der Waals surface area contributed by atoms with Crippen LogP contribution in [0.3, 0.4) is 0 Å². The lowest BCUT2D eigenvalue weighted by Crippen LogP contribution is -1.85. The zero-order valence-corrected chi connectivity index (χ0v) is 10.8. The lowest BCUT2D eigenvalue weighted by molar-refractivity contribution is 0.807. The van der Waals surface area contributed by atoms with Crippen molar-refractivity contribution in [2.75, 3.05) is 0 Å². The second kappa shape index (κ2) is 6.02. The smallest absolute Gasteiger partial charge is 0.113 e. The van der Waals surface area contributed by atoms with Crippen molar-refractivity contribution in [2.24, 2.45) is 0 Å². The van der Waals surface area contributed by atoms with E-state index >= 15 is 0 Å². The second-order valence-corrected chi connectivity index (χ2v) is 4.49. The van der Waals surface area contributed by atoms with Crippen LogP contribution in [0.25, 0.3) is 0 Å². The number of nitrogens with zero attached hydrogens (tertiary/aromatic N) is 2. The van der Waals surface area contributed by atoms with Crippen molar-refractivity contribution >= 4 is 0 Å². The van der Waals surface area contributed by atoms with Gasteiger partial charge in [0.15, 0.2) is 0 Å². The summed E-state index contributed by atoms with van der Waals surface area (Å²) in [4.78, 5) is 4.16. The molecule has 0 saturated carbocycles. The Kier molecular flexibility index (Phi) is 4.14. The summed E-state index contributed by atoms with van der Waals surface area (Å²) in [5, 5.41) is 7.32. The molecule has 0 saturated heterocycles. The topological polar surface area (TPSA) is 41.6 Å². The van der Waals surface area contributed by atoms with E-state index < -0.39 is 0 Å². The summed E-state index contributed by atoms with van der Waals surface area (Å²) in [6.45, 7) is 4.28. The average molecular weight is 239 g/mol. The van der Waals surface area contributed by atoms with E-state index in [1.54, 1.807) is 6.20 Å². The van der Waals surface area contributed by atoms with Crippen LogP contribution in [0.4, 0.5) is 0 Å². The fourth-order valence-corrected chi connectivity index (χ4v) is 1.59. The molecule has 1 N–H and O–H groups in total. The molecule has 3 nitrogen and oxygen atoms in total. The van der Waals surface area contributed by atoms with Crippen molar-refractivity contribution in [3.05, 3.63) is 47.5 Å². The maximum atomic E-state index is 4.27. The molecule has 0 radical (unpaired) electrons. The molecule has 0 aliphatic rings. The van der Waals surface area contributed by atoms with Gasteiger partial charge in [0.1, 0.15) is 5.69 Å². The van der Waals surface area contributed by atoms with E-state index in [-0.39, 0.29) is 0 Å². The molecule has 0 spiro atoms. The highest BCUT2D eigenvalue weighted by atomic mass is 15.1. The molecule has 0 amide bonds. The third kappa shape index (κ3) is 3.46. The van der Waals surface area contributed by atoms with Gasteiger partial charge in [-0.15, -0.1) is 0 Å². The highest BCUT2D eigenvalue weighted by Gasteiger charge is 2.03. The van der Waals surface area contributed by atoms with Gasteiger partial charge < -0.3 is 0 Å². The maximum Gasteiger partial charge on any atom is 0.113 e. The van der Waals surface area contributed by atoms with Gasteiger partial charge in [-0.1, -0.05) is 25.8 Å². The van der Waals surface area contributed by atoms with Crippen LogP contribution in [0, 0.1) is 11.8 Å². The number of aryl methyl sites for hydroxylation is 1. The molecule has 2 aromatic rings. The minimum atomic E-state index is 0.467. The molecule has 0 fully saturated rings. The number of pyridine rings is 1. The number of hydrogen-bond donors (Lipinski definition) is 1. The normalized spacial score (nSPS) is 10.2. The van der Waals surface area contributed by atoms with E-state index in [0.29, 0.717) is 5.92 Å². The summed E-state index contributed by atoms with van der Waals surface area (Å²) in [5.41, 5.74) is 3.08. The highest BCUT2D eigenvalue weighted by Crippen LogP contribution is 2.12. The Labute approximate surface area is 108 Å². The predicted octanol–water partition coefficient (Wildman–Crippen LogP) is 2.91. The zero-order chi connectivity index (χ0) is 12.8. The molecule has 0 aliphatic heterocycles. The average Bonchev–Trinajstić information content (AvgIpc) is 2.85. The van der Waals surface area contributed by atoms with E-state index in [9.17, 15) is 0 Å². The van der Waals surface area contributed by atoms with Crippen molar-refractivity contribution in [2.45, 2.75) is 32.6 Å². The van der Waals surface area contributed by atoms with Crippen LogP contribution in [-0.4, -0.2) is 15.2 Å². The van der Waals surface area contributed by atoms with E-state index in [1.165, 1.54) is 0 Å². The van der Waals surface area contributed by atoms with Crippen molar-refractivity contribution in [1.82, 2.24) is 15.2 Å². The van der Waals surface area contributed by atoms with Crippen LogP contribution >= 0.6 is 0 Å².